The molecular formula is C15H13N3O2S. The fourth-order valence-corrected chi connectivity index (χ4v) is 3.19. The molecule has 0 aliphatic carbocycles. The van der Waals surface area contributed by atoms with Gasteiger partial charge in [0.15, 0.2) is 0 Å². The number of aromatic nitrogens is 1. The molecule has 1 fully saturated rings. The largest absolute Gasteiger partial charge is 0.272 e. The van der Waals surface area contributed by atoms with Crippen LogP contribution in [0.25, 0.3) is 0 Å². The van der Waals surface area contributed by atoms with E-state index in [-0.39, 0.29) is 17.2 Å². The molecule has 1 unspecified atom stereocenters. The highest BCUT2D eigenvalue weighted by Gasteiger charge is 2.34. The van der Waals surface area contributed by atoms with E-state index >= 15 is 0 Å². The standard InChI is InChI=1S/C15H13N3O2S/c19-13-10-21-15(11-5-2-1-3-6-11)18(13)17-14(20)12-7-4-8-16-9-12/h1-9,15H,10H2,(H,17,20). The number of carbonyl (C=O) groups is 2. The molecule has 21 heavy (non-hydrogen) atoms. The highest BCUT2D eigenvalue weighted by atomic mass is 32.2. The first-order valence-electron chi connectivity index (χ1n) is 6.45. The van der Waals surface area contributed by atoms with Crippen LogP contribution in [0.15, 0.2) is 54.9 Å². The van der Waals surface area contributed by atoms with Crippen LogP contribution in [0.1, 0.15) is 21.3 Å². The minimum Gasteiger partial charge on any atom is -0.272 e. The van der Waals surface area contributed by atoms with Crippen LogP contribution in [0.2, 0.25) is 0 Å². The Kier molecular flexibility index (Phi) is 3.87. The van der Waals surface area contributed by atoms with Crippen molar-refractivity contribution in [3.05, 3.63) is 66.0 Å². The average Bonchev–Trinajstić information content (AvgIpc) is 2.90. The van der Waals surface area contributed by atoms with Gasteiger partial charge in [0, 0.05) is 12.4 Å². The number of benzene rings is 1. The first-order valence-corrected chi connectivity index (χ1v) is 7.50. The minimum atomic E-state index is -0.333. The zero-order valence-electron chi connectivity index (χ0n) is 11.1. The van der Waals surface area contributed by atoms with Crippen molar-refractivity contribution >= 4 is 23.6 Å². The Bertz CT molecular complexity index is 648. The molecule has 2 aromatic rings. The Balaban J connectivity index is 1.79. The van der Waals surface area contributed by atoms with Crippen LogP contribution in [0.5, 0.6) is 0 Å². The Morgan fingerprint density at radius 2 is 2.05 bits per heavy atom. The van der Waals surface area contributed by atoms with E-state index in [9.17, 15) is 9.59 Å². The molecule has 1 aromatic carbocycles. The van der Waals surface area contributed by atoms with Gasteiger partial charge >= 0.3 is 0 Å². The van der Waals surface area contributed by atoms with E-state index in [1.807, 2.05) is 30.3 Å². The van der Waals surface area contributed by atoms with Crippen LogP contribution < -0.4 is 5.43 Å². The third kappa shape index (κ3) is 2.90. The summed E-state index contributed by atoms with van der Waals surface area (Å²) in [5, 5.41) is 1.20. The van der Waals surface area contributed by atoms with Crippen LogP contribution in [0, 0.1) is 0 Å². The van der Waals surface area contributed by atoms with Gasteiger partial charge in [-0.05, 0) is 17.7 Å². The van der Waals surface area contributed by atoms with Crippen LogP contribution in [0.3, 0.4) is 0 Å². The lowest BCUT2D eigenvalue weighted by atomic mass is 10.2. The van der Waals surface area contributed by atoms with Crippen molar-refractivity contribution in [2.75, 3.05) is 5.75 Å². The molecule has 1 N–H and O–H groups in total. The van der Waals surface area contributed by atoms with Gasteiger partial charge in [-0.3, -0.25) is 20.0 Å². The summed E-state index contributed by atoms with van der Waals surface area (Å²) in [6.45, 7) is 0. The molecule has 0 saturated carbocycles. The summed E-state index contributed by atoms with van der Waals surface area (Å²) >= 11 is 1.49. The van der Waals surface area contributed by atoms with Gasteiger partial charge in [0.2, 0.25) is 0 Å². The molecule has 0 spiro atoms. The Hall–Kier alpha value is -2.34. The van der Waals surface area contributed by atoms with Crippen molar-refractivity contribution in [2.24, 2.45) is 0 Å². The smallest absolute Gasteiger partial charge is 0.271 e. The number of pyridine rings is 1. The molecule has 3 rings (SSSR count). The fraction of sp³-hybridized carbons (Fsp3) is 0.133. The van der Waals surface area contributed by atoms with E-state index in [2.05, 4.69) is 10.4 Å². The summed E-state index contributed by atoms with van der Waals surface area (Å²) in [7, 11) is 0. The average molecular weight is 299 g/mol. The monoisotopic (exact) mass is 299 g/mol. The maximum Gasteiger partial charge on any atom is 0.271 e. The van der Waals surface area contributed by atoms with Gasteiger partial charge in [0.1, 0.15) is 5.37 Å². The normalized spacial score (nSPS) is 17.8. The summed E-state index contributed by atoms with van der Waals surface area (Å²) in [6, 6.07) is 13.0. The van der Waals surface area contributed by atoms with Crippen molar-refractivity contribution in [1.82, 2.24) is 15.4 Å². The highest BCUT2D eigenvalue weighted by molar-refractivity contribution is 8.00. The van der Waals surface area contributed by atoms with Crippen LogP contribution >= 0.6 is 11.8 Å². The molecular weight excluding hydrogens is 286 g/mol. The van der Waals surface area contributed by atoms with Gasteiger partial charge < -0.3 is 0 Å². The molecule has 5 nitrogen and oxygen atoms in total. The number of rotatable bonds is 3. The Labute approximate surface area is 126 Å². The zero-order valence-corrected chi connectivity index (χ0v) is 11.9. The third-order valence-electron chi connectivity index (χ3n) is 3.10. The van der Waals surface area contributed by atoms with E-state index < -0.39 is 0 Å². The van der Waals surface area contributed by atoms with Gasteiger partial charge in [0.05, 0.1) is 11.3 Å². The van der Waals surface area contributed by atoms with E-state index in [1.54, 1.807) is 18.3 Å². The predicted octanol–water partition coefficient (Wildman–Crippen LogP) is 2.00. The molecule has 0 radical (unpaired) electrons. The summed E-state index contributed by atoms with van der Waals surface area (Å²) in [5.74, 6) is -0.0849. The third-order valence-corrected chi connectivity index (χ3v) is 4.31. The maximum atomic E-state index is 12.2. The molecule has 2 heterocycles. The molecule has 1 aromatic heterocycles. The lowest BCUT2D eigenvalue weighted by Crippen LogP contribution is -2.44. The van der Waals surface area contributed by atoms with Gasteiger partial charge in [-0.15, -0.1) is 11.8 Å². The van der Waals surface area contributed by atoms with Crippen molar-refractivity contribution < 1.29 is 9.59 Å². The molecule has 1 saturated heterocycles. The van der Waals surface area contributed by atoms with E-state index in [4.69, 9.17) is 0 Å². The number of nitrogens with one attached hydrogen (secondary N) is 1. The molecule has 106 valence electrons. The zero-order chi connectivity index (χ0) is 14.7. The van der Waals surface area contributed by atoms with Crippen molar-refractivity contribution in [1.29, 1.82) is 0 Å². The second-order valence-electron chi connectivity index (χ2n) is 4.52. The number of nitrogens with zero attached hydrogens (tertiary/aromatic N) is 2. The number of carbonyl (C=O) groups excluding carboxylic acids is 2. The molecule has 1 aliphatic heterocycles. The lowest BCUT2D eigenvalue weighted by molar-refractivity contribution is -0.130. The Morgan fingerprint density at radius 1 is 1.24 bits per heavy atom. The quantitative estimate of drug-likeness (QED) is 0.941. The number of hydrazine groups is 1. The van der Waals surface area contributed by atoms with Crippen LogP contribution in [0.4, 0.5) is 0 Å². The molecule has 0 bridgehead atoms. The van der Waals surface area contributed by atoms with E-state index in [1.165, 1.54) is 23.0 Å². The van der Waals surface area contributed by atoms with Crippen molar-refractivity contribution in [3.63, 3.8) is 0 Å². The van der Waals surface area contributed by atoms with Gasteiger partial charge in [-0.25, -0.2) is 5.01 Å². The van der Waals surface area contributed by atoms with Gasteiger partial charge in [-0.1, -0.05) is 30.3 Å². The van der Waals surface area contributed by atoms with Gasteiger partial charge in [-0.2, -0.15) is 0 Å². The van der Waals surface area contributed by atoms with Crippen molar-refractivity contribution in [2.45, 2.75) is 5.37 Å². The number of hydrogen-bond donors (Lipinski definition) is 1. The first kappa shape index (κ1) is 13.6. The predicted molar refractivity (Wildman–Crippen MR) is 80.2 cm³/mol. The fourth-order valence-electron chi connectivity index (χ4n) is 2.08. The lowest BCUT2D eigenvalue weighted by Gasteiger charge is -2.24. The SMILES string of the molecule is O=C(NN1C(=O)CSC1c1ccccc1)c1cccnc1. The van der Waals surface area contributed by atoms with Crippen LogP contribution in [-0.2, 0) is 4.79 Å². The van der Waals surface area contributed by atoms with E-state index in [0.717, 1.165) is 5.56 Å². The first-order chi connectivity index (χ1) is 10.3. The summed E-state index contributed by atoms with van der Waals surface area (Å²) < 4.78 is 0. The molecule has 2 amide bonds. The maximum absolute atomic E-state index is 12.2. The van der Waals surface area contributed by atoms with E-state index in [0.29, 0.717) is 11.3 Å². The number of thioether (sulfide) groups is 1. The number of hydrogen-bond acceptors (Lipinski definition) is 4. The number of amides is 2. The van der Waals surface area contributed by atoms with Crippen LogP contribution in [-0.4, -0.2) is 27.6 Å². The van der Waals surface area contributed by atoms with Crippen molar-refractivity contribution in [3.8, 4) is 0 Å². The minimum absolute atomic E-state index is 0.105. The summed E-state index contributed by atoms with van der Waals surface area (Å²) in [6.07, 6.45) is 3.07. The second-order valence-corrected chi connectivity index (χ2v) is 5.59. The molecule has 1 aliphatic rings. The second kappa shape index (κ2) is 5.97. The summed E-state index contributed by atoms with van der Waals surface area (Å²) in [5.41, 5.74) is 4.09. The highest BCUT2D eigenvalue weighted by Crippen LogP contribution is 2.37. The Morgan fingerprint density at radius 3 is 2.76 bits per heavy atom. The van der Waals surface area contributed by atoms with Gasteiger partial charge in [0.25, 0.3) is 11.8 Å². The topological polar surface area (TPSA) is 62.3 Å². The molecule has 6 heteroatoms. The molecule has 1 atom stereocenters. The summed E-state index contributed by atoms with van der Waals surface area (Å²) in [4.78, 5) is 28.1.